The molecule has 4 aromatic rings. The van der Waals surface area contributed by atoms with Gasteiger partial charge >= 0.3 is 0 Å². The van der Waals surface area contributed by atoms with Gasteiger partial charge < -0.3 is 10.6 Å². The molecule has 0 atom stereocenters. The van der Waals surface area contributed by atoms with Gasteiger partial charge in [0.05, 0.1) is 0 Å². The molecular weight excluding hydrogens is 324 g/mol. The Morgan fingerprint density at radius 1 is 0.654 bits per heavy atom. The van der Waals surface area contributed by atoms with Crippen molar-refractivity contribution >= 4 is 44.1 Å². The van der Waals surface area contributed by atoms with Gasteiger partial charge in [0.15, 0.2) is 0 Å². The second-order valence-electron chi connectivity index (χ2n) is 6.37. The first-order chi connectivity index (χ1) is 12.7. The summed E-state index contributed by atoms with van der Waals surface area (Å²) < 4.78 is 0. The van der Waals surface area contributed by atoms with E-state index in [2.05, 4.69) is 22.8 Å². The molecule has 0 spiro atoms. The van der Waals surface area contributed by atoms with Crippen LogP contribution in [0.25, 0.3) is 32.3 Å². The molecule has 4 heteroatoms. The summed E-state index contributed by atoms with van der Waals surface area (Å²) in [4.78, 5) is 25.0. The average Bonchev–Trinajstić information content (AvgIpc) is 2.66. The van der Waals surface area contributed by atoms with Gasteiger partial charge in [-0.05, 0) is 58.3 Å². The molecule has 0 saturated carbocycles. The largest absolute Gasteiger partial charge is 0.352 e. The summed E-state index contributed by atoms with van der Waals surface area (Å²) in [5.74, 6) is -0.149. The van der Waals surface area contributed by atoms with Crippen LogP contribution < -0.4 is 10.6 Å². The van der Waals surface area contributed by atoms with Gasteiger partial charge in [-0.1, -0.05) is 36.4 Å². The Kier molecular flexibility index (Phi) is 3.96. The van der Waals surface area contributed by atoms with Crippen molar-refractivity contribution in [1.82, 2.24) is 10.6 Å². The van der Waals surface area contributed by atoms with Crippen LogP contribution in [0.15, 0.2) is 48.5 Å². The van der Waals surface area contributed by atoms with Crippen LogP contribution in [0.4, 0.5) is 0 Å². The van der Waals surface area contributed by atoms with Crippen LogP contribution in [-0.2, 0) is 0 Å². The predicted octanol–water partition coefficient (Wildman–Crippen LogP) is 4.08. The zero-order valence-corrected chi connectivity index (χ0v) is 14.8. The minimum atomic E-state index is -0.0746. The molecule has 0 aliphatic carbocycles. The fourth-order valence-electron chi connectivity index (χ4n) is 3.71. The maximum atomic E-state index is 12.5. The standard InChI is InChI=1S/C22H20N2O2/c1-3-23-21(25)17-9-7-13-5-6-14-8-10-18(22(26)24-4-2)16-12-11-15(17)19(13)20(14)16/h5-12H,3-4H2,1-2H3,(H,23,25)(H,24,26). The molecule has 0 aliphatic rings. The van der Waals surface area contributed by atoms with Crippen molar-refractivity contribution in [3.05, 3.63) is 59.7 Å². The molecular formula is C22H20N2O2. The molecule has 0 heterocycles. The number of amides is 2. The summed E-state index contributed by atoms with van der Waals surface area (Å²) in [6, 6.07) is 15.7. The quantitative estimate of drug-likeness (QED) is 0.548. The van der Waals surface area contributed by atoms with Gasteiger partial charge in [0.1, 0.15) is 0 Å². The average molecular weight is 344 g/mol. The first-order valence-electron chi connectivity index (χ1n) is 8.92. The highest BCUT2D eigenvalue weighted by Crippen LogP contribution is 2.37. The van der Waals surface area contributed by atoms with Crippen molar-refractivity contribution in [3.8, 4) is 0 Å². The molecule has 2 amide bonds. The van der Waals surface area contributed by atoms with Gasteiger partial charge in [0.2, 0.25) is 0 Å². The topological polar surface area (TPSA) is 58.2 Å². The van der Waals surface area contributed by atoms with E-state index in [9.17, 15) is 9.59 Å². The van der Waals surface area contributed by atoms with E-state index in [4.69, 9.17) is 0 Å². The van der Waals surface area contributed by atoms with Crippen molar-refractivity contribution in [1.29, 1.82) is 0 Å². The van der Waals surface area contributed by atoms with Crippen molar-refractivity contribution in [2.24, 2.45) is 0 Å². The molecule has 4 rings (SSSR count). The van der Waals surface area contributed by atoms with Crippen LogP contribution in [0.3, 0.4) is 0 Å². The molecule has 130 valence electrons. The molecule has 4 nitrogen and oxygen atoms in total. The first kappa shape index (κ1) is 16.3. The van der Waals surface area contributed by atoms with Crippen LogP contribution in [0.5, 0.6) is 0 Å². The van der Waals surface area contributed by atoms with E-state index in [0.29, 0.717) is 24.2 Å². The third-order valence-corrected chi connectivity index (χ3v) is 4.83. The SMILES string of the molecule is CCNC(=O)c1ccc2ccc3ccc(C(=O)NCC)c4ccc1c2c34. The number of hydrogen-bond acceptors (Lipinski definition) is 2. The normalized spacial score (nSPS) is 11.3. The molecule has 0 unspecified atom stereocenters. The Labute approximate surface area is 151 Å². The van der Waals surface area contributed by atoms with Crippen LogP contribution in [0, 0.1) is 0 Å². The number of hydrogen-bond donors (Lipinski definition) is 2. The van der Waals surface area contributed by atoms with E-state index >= 15 is 0 Å². The summed E-state index contributed by atoms with van der Waals surface area (Å²) in [6.07, 6.45) is 0. The second kappa shape index (κ2) is 6.30. The molecule has 0 saturated heterocycles. The van der Waals surface area contributed by atoms with Gasteiger partial charge in [0, 0.05) is 24.2 Å². The lowest BCUT2D eigenvalue weighted by molar-refractivity contribution is 0.0949. The third-order valence-electron chi connectivity index (χ3n) is 4.83. The molecule has 0 aromatic heterocycles. The fourth-order valence-corrected chi connectivity index (χ4v) is 3.71. The van der Waals surface area contributed by atoms with Crippen LogP contribution in [0.1, 0.15) is 34.6 Å². The number of carbonyl (C=O) groups excluding carboxylic acids is 2. The Morgan fingerprint density at radius 3 is 1.42 bits per heavy atom. The van der Waals surface area contributed by atoms with Crippen molar-refractivity contribution in [3.63, 3.8) is 0 Å². The zero-order valence-electron chi connectivity index (χ0n) is 14.8. The Balaban J connectivity index is 2.09. The van der Waals surface area contributed by atoms with Crippen LogP contribution in [0.2, 0.25) is 0 Å². The number of rotatable bonds is 4. The molecule has 0 bridgehead atoms. The third kappa shape index (κ3) is 2.37. The lowest BCUT2D eigenvalue weighted by Gasteiger charge is -2.15. The van der Waals surface area contributed by atoms with Gasteiger partial charge in [-0.15, -0.1) is 0 Å². The summed E-state index contributed by atoms with van der Waals surface area (Å²) in [5.41, 5.74) is 1.33. The minimum Gasteiger partial charge on any atom is -0.352 e. The maximum Gasteiger partial charge on any atom is 0.251 e. The van der Waals surface area contributed by atoms with E-state index in [-0.39, 0.29) is 11.8 Å². The Bertz CT molecular complexity index is 1060. The highest BCUT2D eigenvalue weighted by Gasteiger charge is 2.17. The number of carbonyl (C=O) groups is 2. The van der Waals surface area contributed by atoms with E-state index < -0.39 is 0 Å². The minimum absolute atomic E-state index is 0.0746. The van der Waals surface area contributed by atoms with Crippen molar-refractivity contribution < 1.29 is 9.59 Å². The molecule has 2 N–H and O–H groups in total. The number of benzene rings is 4. The van der Waals surface area contributed by atoms with Crippen molar-refractivity contribution in [2.45, 2.75) is 13.8 Å². The molecule has 26 heavy (non-hydrogen) atoms. The smallest absolute Gasteiger partial charge is 0.251 e. The summed E-state index contributed by atoms with van der Waals surface area (Å²) in [7, 11) is 0. The predicted molar refractivity (Wildman–Crippen MR) is 106 cm³/mol. The maximum absolute atomic E-state index is 12.5. The second-order valence-corrected chi connectivity index (χ2v) is 6.37. The first-order valence-corrected chi connectivity index (χ1v) is 8.92. The zero-order chi connectivity index (χ0) is 18.3. The monoisotopic (exact) mass is 344 g/mol. The van der Waals surface area contributed by atoms with Crippen molar-refractivity contribution in [2.75, 3.05) is 13.1 Å². The van der Waals surface area contributed by atoms with E-state index in [1.54, 1.807) is 0 Å². The fraction of sp³-hybridized carbons (Fsp3) is 0.182. The van der Waals surface area contributed by atoms with Crippen LogP contribution in [-0.4, -0.2) is 24.9 Å². The van der Waals surface area contributed by atoms with Gasteiger partial charge in [0.25, 0.3) is 11.8 Å². The highest BCUT2D eigenvalue weighted by atomic mass is 16.2. The van der Waals surface area contributed by atoms with E-state index in [1.165, 1.54) is 0 Å². The summed E-state index contributed by atoms with van der Waals surface area (Å²) in [6.45, 7) is 4.99. The van der Waals surface area contributed by atoms with Gasteiger partial charge in [-0.3, -0.25) is 9.59 Å². The number of nitrogens with one attached hydrogen (secondary N) is 2. The van der Waals surface area contributed by atoms with Gasteiger partial charge in [-0.25, -0.2) is 0 Å². The summed E-state index contributed by atoms with van der Waals surface area (Å²) >= 11 is 0. The molecule has 0 radical (unpaired) electrons. The van der Waals surface area contributed by atoms with E-state index in [1.807, 2.05) is 50.2 Å². The lowest BCUT2D eigenvalue weighted by Crippen LogP contribution is -2.23. The highest BCUT2D eigenvalue weighted by molar-refractivity contribution is 6.28. The lowest BCUT2D eigenvalue weighted by atomic mass is 9.89. The Hall–Kier alpha value is -3.14. The van der Waals surface area contributed by atoms with E-state index in [0.717, 1.165) is 32.3 Å². The van der Waals surface area contributed by atoms with Crippen LogP contribution >= 0.6 is 0 Å². The van der Waals surface area contributed by atoms with Gasteiger partial charge in [-0.2, -0.15) is 0 Å². The summed E-state index contributed by atoms with van der Waals surface area (Å²) in [5, 5.41) is 11.8. The molecule has 0 aliphatic heterocycles. The molecule has 0 fully saturated rings. The Morgan fingerprint density at radius 2 is 1.04 bits per heavy atom. The molecule has 4 aromatic carbocycles.